The molecule has 1 saturated heterocycles. The van der Waals surface area contributed by atoms with Crippen LogP contribution in [0.2, 0.25) is 0 Å². The predicted molar refractivity (Wildman–Crippen MR) is 60.5 cm³/mol. The summed E-state index contributed by atoms with van der Waals surface area (Å²) in [4.78, 5) is 1.63. The molecule has 1 fully saturated rings. The van der Waals surface area contributed by atoms with Gasteiger partial charge in [-0.15, -0.1) is 0 Å². The first-order valence-electron chi connectivity index (χ1n) is 5.89. The fourth-order valence-corrected chi connectivity index (χ4v) is 1.32. The summed E-state index contributed by atoms with van der Waals surface area (Å²) in [6.07, 6.45) is 2.11. The van der Waals surface area contributed by atoms with Crippen molar-refractivity contribution in [3.05, 3.63) is 0 Å². The largest absolute Gasteiger partial charge is 0.377 e. The van der Waals surface area contributed by atoms with Gasteiger partial charge >= 0.3 is 0 Å². The number of nitriles is 1. The third-order valence-corrected chi connectivity index (χ3v) is 2.27. The van der Waals surface area contributed by atoms with Crippen molar-refractivity contribution in [2.75, 3.05) is 65.9 Å². The van der Waals surface area contributed by atoms with Crippen molar-refractivity contribution in [1.82, 2.24) is 4.90 Å². The van der Waals surface area contributed by atoms with E-state index < -0.39 is 0 Å². The minimum atomic E-state index is 0.535. The van der Waals surface area contributed by atoms with E-state index in [0.29, 0.717) is 65.9 Å². The zero-order valence-corrected chi connectivity index (χ0v) is 10.1. The molecule has 0 aromatic rings. The Morgan fingerprint density at radius 3 is 1.35 bits per heavy atom. The lowest BCUT2D eigenvalue weighted by atomic mass is 10.5. The van der Waals surface area contributed by atoms with Crippen LogP contribution in [0.4, 0.5) is 0 Å². The van der Waals surface area contributed by atoms with Gasteiger partial charge in [-0.2, -0.15) is 5.26 Å². The van der Waals surface area contributed by atoms with Crippen molar-refractivity contribution < 1.29 is 18.9 Å². The van der Waals surface area contributed by atoms with Gasteiger partial charge in [0, 0.05) is 0 Å². The maximum atomic E-state index is 8.86. The van der Waals surface area contributed by atoms with Gasteiger partial charge in [0.25, 0.3) is 0 Å². The van der Waals surface area contributed by atoms with Gasteiger partial charge < -0.3 is 23.8 Å². The lowest BCUT2D eigenvalue weighted by Gasteiger charge is -2.15. The summed E-state index contributed by atoms with van der Waals surface area (Å²) >= 11 is 0. The molecule has 0 atom stereocenters. The molecule has 0 radical (unpaired) electrons. The van der Waals surface area contributed by atoms with E-state index in [0.717, 1.165) is 0 Å². The average Bonchev–Trinajstić information content (AvgIpc) is 2.36. The zero-order valence-electron chi connectivity index (χ0n) is 10.1. The second-order valence-electron chi connectivity index (χ2n) is 3.54. The van der Waals surface area contributed by atoms with Crippen LogP contribution in [-0.4, -0.2) is 70.8 Å². The molecule has 0 unspecified atom stereocenters. The van der Waals surface area contributed by atoms with Crippen molar-refractivity contribution in [2.24, 2.45) is 0 Å². The first-order valence-corrected chi connectivity index (χ1v) is 5.89. The highest BCUT2D eigenvalue weighted by Crippen LogP contribution is 1.89. The standard InChI is InChI=1S/C11H20N2O4/c12-11-13-1-3-14-5-7-16-9-10-17-8-6-15-4-2-13/h1-10H2. The summed E-state index contributed by atoms with van der Waals surface area (Å²) in [6, 6.07) is 0. The Bertz CT molecular complexity index is 204. The van der Waals surface area contributed by atoms with Crippen LogP contribution in [0.25, 0.3) is 0 Å². The Morgan fingerprint density at radius 1 is 0.647 bits per heavy atom. The summed E-state index contributed by atoms with van der Waals surface area (Å²) in [6.45, 7) is 5.64. The van der Waals surface area contributed by atoms with Gasteiger partial charge in [0.1, 0.15) is 0 Å². The molecule has 98 valence electrons. The lowest BCUT2D eigenvalue weighted by molar-refractivity contribution is 0.00206. The molecule has 0 saturated carbocycles. The highest BCUT2D eigenvalue weighted by atomic mass is 16.6. The number of rotatable bonds is 0. The fraction of sp³-hybridized carbons (Fsp3) is 0.909. The molecule has 1 aliphatic rings. The van der Waals surface area contributed by atoms with Gasteiger partial charge in [-0.3, -0.25) is 0 Å². The minimum absolute atomic E-state index is 0.535. The van der Waals surface area contributed by atoms with E-state index in [1.54, 1.807) is 4.90 Å². The number of nitrogens with zero attached hydrogens (tertiary/aromatic N) is 2. The lowest BCUT2D eigenvalue weighted by Crippen LogP contribution is -2.27. The Labute approximate surface area is 102 Å². The zero-order chi connectivity index (χ0) is 12.2. The molecule has 0 N–H and O–H groups in total. The maximum absolute atomic E-state index is 8.86. The maximum Gasteiger partial charge on any atom is 0.179 e. The predicted octanol–water partition coefficient (Wildman–Crippen LogP) is -0.151. The highest BCUT2D eigenvalue weighted by molar-refractivity contribution is 4.72. The van der Waals surface area contributed by atoms with E-state index >= 15 is 0 Å². The monoisotopic (exact) mass is 244 g/mol. The molecule has 1 heterocycles. The van der Waals surface area contributed by atoms with Gasteiger partial charge in [0.2, 0.25) is 0 Å². The first kappa shape index (κ1) is 14.2. The van der Waals surface area contributed by atoms with Crippen LogP contribution in [0.15, 0.2) is 0 Å². The van der Waals surface area contributed by atoms with Crippen LogP contribution >= 0.6 is 0 Å². The van der Waals surface area contributed by atoms with Crippen molar-refractivity contribution >= 4 is 0 Å². The average molecular weight is 244 g/mol. The quantitative estimate of drug-likeness (QED) is 0.552. The molecule has 6 nitrogen and oxygen atoms in total. The summed E-state index contributed by atoms with van der Waals surface area (Å²) in [5.41, 5.74) is 0. The van der Waals surface area contributed by atoms with Crippen LogP contribution in [0.3, 0.4) is 0 Å². The summed E-state index contributed by atoms with van der Waals surface area (Å²) in [5.74, 6) is 0. The van der Waals surface area contributed by atoms with Crippen LogP contribution in [0.5, 0.6) is 0 Å². The molecule has 0 amide bonds. The van der Waals surface area contributed by atoms with Crippen molar-refractivity contribution in [2.45, 2.75) is 0 Å². The second-order valence-corrected chi connectivity index (χ2v) is 3.54. The third kappa shape index (κ3) is 7.94. The summed E-state index contributed by atoms with van der Waals surface area (Å²) in [5, 5.41) is 8.86. The topological polar surface area (TPSA) is 64.0 Å². The van der Waals surface area contributed by atoms with E-state index in [-0.39, 0.29) is 0 Å². The SMILES string of the molecule is N#CN1CCOCCOCCOCCOCC1. The summed E-state index contributed by atoms with van der Waals surface area (Å²) < 4.78 is 21.3. The molecule has 0 aromatic carbocycles. The normalized spacial score (nSPS) is 22.2. The molecule has 6 heteroatoms. The van der Waals surface area contributed by atoms with Crippen molar-refractivity contribution in [3.63, 3.8) is 0 Å². The van der Waals surface area contributed by atoms with Crippen LogP contribution < -0.4 is 0 Å². The van der Waals surface area contributed by atoms with Crippen LogP contribution in [-0.2, 0) is 18.9 Å². The Morgan fingerprint density at radius 2 is 1.00 bits per heavy atom. The number of ether oxygens (including phenoxy) is 4. The van der Waals surface area contributed by atoms with Crippen LogP contribution in [0.1, 0.15) is 0 Å². The Balaban J connectivity index is 2.19. The van der Waals surface area contributed by atoms with Crippen molar-refractivity contribution in [1.29, 1.82) is 5.26 Å². The van der Waals surface area contributed by atoms with E-state index in [1.165, 1.54) is 0 Å². The number of hydrogen-bond donors (Lipinski definition) is 0. The Kier molecular flexibility index (Phi) is 8.59. The second kappa shape index (κ2) is 10.3. The minimum Gasteiger partial charge on any atom is -0.377 e. The molecule has 1 aliphatic heterocycles. The molecular formula is C11H20N2O4. The molecule has 0 bridgehead atoms. The fourth-order valence-electron chi connectivity index (χ4n) is 1.32. The van der Waals surface area contributed by atoms with Gasteiger partial charge in [0.05, 0.1) is 65.9 Å². The van der Waals surface area contributed by atoms with Gasteiger partial charge in [-0.25, -0.2) is 0 Å². The molecule has 0 aliphatic carbocycles. The molecule has 17 heavy (non-hydrogen) atoms. The summed E-state index contributed by atoms with van der Waals surface area (Å²) in [7, 11) is 0. The first-order chi connectivity index (χ1) is 8.43. The molecule has 1 rings (SSSR count). The van der Waals surface area contributed by atoms with Crippen LogP contribution in [0, 0.1) is 11.5 Å². The molecule has 0 spiro atoms. The smallest absolute Gasteiger partial charge is 0.179 e. The van der Waals surface area contributed by atoms with E-state index in [4.69, 9.17) is 24.2 Å². The molecule has 0 aromatic heterocycles. The third-order valence-electron chi connectivity index (χ3n) is 2.27. The number of hydrogen-bond acceptors (Lipinski definition) is 6. The van der Waals surface area contributed by atoms with Gasteiger partial charge in [-0.05, 0) is 0 Å². The highest BCUT2D eigenvalue weighted by Gasteiger charge is 2.02. The van der Waals surface area contributed by atoms with Gasteiger partial charge in [0.15, 0.2) is 6.19 Å². The van der Waals surface area contributed by atoms with E-state index in [2.05, 4.69) is 6.19 Å². The Hall–Kier alpha value is -0.870. The van der Waals surface area contributed by atoms with E-state index in [1.807, 2.05) is 0 Å². The van der Waals surface area contributed by atoms with Gasteiger partial charge in [-0.1, -0.05) is 0 Å². The molecular weight excluding hydrogens is 224 g/mol. The van der Waals surface area contributed by atoms with E-state index in [9.17, 15) is 0 Å². The van der Waals surface area contributed by atoms with Crippen molar-refractivity contribution in [3.8, 4) is 6.19 Å².